The van der Waals surface area contributed by atoms with Gasteiger partial charge in [0.2, 0.25) is 0 Å². The molecule has 2 heterocycles. The molecule has 2 aromatic rings. The van der Waals surface area contributed by atoms with Crippen molar-refractivity contribution < 1.29 is 0 Å². The van der Waals surface area contributed by atoms with Crippen molar-refractivity contribution in [3.05, 3.63) is 51.7 Å². The molecule has 0 aliphatic carbocycles. The molecule has 0 saturated carbocycles. The van der Waals surface area contributed by atoms with Crippen LogP contribution in [-0.2, 0) is 5.66 Å². The van der Waals surface area contributed by atoms with E-state index in [1.165, 1.54) is 4.88 Å². The lowest BCUT2D eigenvalue weighted by Crippen LogP contribution is -2.45. The van der Waals surface area contributed by atoms with E-state index in [0.717, 1.165) is 5.69 Å². The number of hydrogen-bond acceptors (Lipinski definition) is 3. The summed E-state index contributed by atoms with van der Waals surface area (Å²) < 4.78 is 0. The van der Waals surface area contributed by atoms with Crippen molar-refractivity contribution in [3.63, 3.8) is 0 Å². The average molecular weight is 310 g/mol. The van der Waals surface area contributed by atoms with Crippen LogP contribution in [0.4, 0.5) is 5.69 Å². The van der Waals surface area contributed by atoms with E-state index in [-0.39, 0.29) is 5.66 Å². The summed E-state index contributed by atoms with van der Waals surface area (Å²) in [4.78, 5) is 1.19. The highest BCUT2D eigenvalue weighted by Crippen LogP contribution is 2.29. The van der Waals surface area contributed by atoms with Gasteiger partial charge in [-0.25, -0.2) is 5.01 Å². The Morgan fingerprint density at radius 3 is 2.63 bits per heavy atom. The summed E-state index contributed by atoms with van der Waals surface area (Å²) in [6, 6.07) is 11.7. The molecular formula is C13H12ClN3S2. The Labute approximate surface area is 126 Å². The summed E-state index contributed by atoms with van der Waals surface area (Å²) in [7, 11) is 0. The fraction of sp³-hybridized carbons (Fsp3) is 0.154. The Bertz CT molecular complexity index is 597. The van der Waals surface area contributed by atoms with Gasteiger partial charge in [0.1, 0.15) is 5.66 Å². The van der Waals surface area contributed by atoms with Crippen LogP contribution in [0.25, 0.3) is 0 Å². The molecular weight excluding hydrogens is 298 g/mol. The number of anilines is 1. The zero-order valence-corrected chi connectivity index (χ0v) is 12.6. The largest absolute Gasteiger partial charge is 0.337 e. The number of nitrogens with one attached hydrogen (secondary N) is 2. The lowest BCUT2D eigenvalue weighted by Gasteiger charge is -2.24. The first-order valence-electron chi connectivity index (χ1n) is 5.78. The summed E-state index contributed by atoms with van der Waals surface area (Å²) >= 11 is 13.0. The van der Waals surface area contributed by atoms with E-state index in [1.807, 2.05) is 35.3 Å². The molecule has 0 radical (unpaired) electrons. The minimum Gasteiger partial charge on any atom is -0.337 e. The molecule has 6 heteroatoms. The average Bonchev–Trinajstić information content (AvgIpc) is 2.99. The number of hydrazine groups is 1. The number of nitrogens with zero attached hydrogens (tertiary/aromatic N) is 1. The fourth-order valence-corrected chi connectivity index (χ4v) is 3.30. The highest BCUT2D eigenvalue weighted by molar-refractivity contribution is 7.80. The topological polar surface area (TPSA) is 27.3 Å². The van der Waals surface area contributed by atoms with Gasteiger partial charge in [-0.3, -0.25) is 0 Å². The molecule has 0 unspecified atom stereocenters. The van der Waals surface area contributed by atoms with Crippen LogP contribution in [-0.4, -0.2) is 5.11 Å². The van der Waals surface area contributed by atoms with Crippen LogP contribution < -0.4 is 15.8 Å². The Morgan fingerprint density at radius 2 is 2.00 bits per heavy atom. The fourth-order valence-electron chi connectivity index (χ4n) is 2.02. The summed E-state index contributed by atoms with van der Waals surface area (Å²) in [5.41, 5.74) is 3.99. The molecule has 1 fully saturated rings. The number of thiophene rings is 1. The van der Waals surface area contributed by atoms with Crippen LogP contribution in [0.2, 0.25) is 5.02 Å². The van der Waals surface area contributed by atoms with Crippen LogP contribution >= 0.6 is 35.2 Å². The van der Waals surface area contributed by atoms with Gasteiger partial charge in [0.05, 0.1) is 5.69 Å². The second kappa shape index (κ2) is 4.76. The first kappa shape index (κ1) is 12.9. The van der Waals surface area contributed by atoms with Gasteiger partial charge in [0.15, 0.2) is 5.11 Å². The molecule has 0 amide bonds. The van der Waals surface area contributed by atoms with Gasteiger partial charge < -0.3 is 5.32 Å². The molecule has 1 saturated heterocycles. The molecule has 2 N–H and O–H groups in total. The number of hydrogen-bond donors (Lipinski definition) is 2. The molecule has 3 nitrogen and oxygen atoms in total. The van der Waals surface area contributed by atoms with E-state index in [9.17, 15) is 0 Å². The van der Waals surface area contributed by atoms with Crippen LogP contribution in [0.1, 0.15) is 11.8 Å². The SMILES string of the molecule is C[C@@]1(c2cccs2)NC(=S)N(c2ccc(Cl)cc2)N1. The predicted octanol–water partition coefficient (Wildman–Crippen LogP) is 3.47. The summed E-state index contributed by atoms with van der Waals surface area (Å²) in [6.07, 6.45) is 0. The maximum Gasteiger partial charge on any atom is 0.190 e. The van der Waals surface area contributed by atoms with Crippen molar-refractivity contribution in [1.82, 2.24) is 10.7 Å². The Balaban J connectivity index is 1.90. The van der Waals surface area contributed by atoms with Crippen molar-refractivity contribution in [3.8, 4) is 0 Å². The predicted molar refractivity (Wildman–Crippen MR) is 84.5 cm³/mol. The van der Waals surface area contributed by atoms with E-state index in [0.29, 0.717) is 10.1 Å². The monoisotopic (exact) mass is 309 g/mol. The summed E-state index contributed by atoms with van der Waals surface area (Å²) in [5.74, 6) is 0. The third kappa shape index (κ3) is 2.34. The van der Waals surface area contributed by atoms with Gasteiger partial charge in [0.25, 0.3) is 0 Å². The Kier molecular flexibility index (Phi) is 3.22. The minimum absolute atomic E-state index is 0.370. The van der Waals surface area contributed by atoms with Gasteiger partial charge >= 0.3 is 0 Å². The molecule has 1 aromatic heterocycles. The summed E-state index contributed by atoms with van der Waals surface area (Å²) in [5, 5.41) is 8.60. The molecule has 3 rings (SSSR count). The second-order valence-corrected chi connectivity index (χ2v) is 6.23. The normalized spacial score (nSPS) is 22.6. The van der Waals surface area contributed by atoms with Gasteiger partial charge in [-0.1, -0.05) is 17.7 Å². The number of benzene rings is 1. The van der Waals surface area contributed by atoms with Crippen LogP contribution in [0.5, 0.6) is 0 Å². The van der Waals surface area contributed by atoms with Crippen molar-refractivity contribution in [2.75, 3.05) is 5.01 Å². The van der Waals surface area contributed by atoms with Gasteiger partial charge in [-0.2, -0.15) is 5.43 Å². The molecule has 0 bridgehead atoms. The van der Waals surface area contributed by atoms with E-state index in [2.05, 4.69) is 29.1 Å². The first-order chi connectivity index (χ1) is 9.08. The van der Waals surface area contributed by atoms with Crippen molar-refractivity contribution in [2.45, 2.75) is 12.6 Å². The highest BCUT2D eigenvalue weighted by Gasteiger charge is 2.38. The van der Waals surface area contributed by atoms with Crippen LogP contribution in [0.15, 0.2) is 41.8 Å². The van der Waals surface area contributed by atoms with Crippen molar-refractivity contribution >= 4 is 46.0 Å². The molecule has 98 valence electrons. The molecule has 0 spiro atoms. The van der Waals surface area contributed by atoms with E-state index in [4.69, 9.17) is 23.8 Å². The maximum absolute atomic E-state index is 5.91. The van der Waals surface area contributed by atoms with Crippen LogP contribution in [0, 0.1) is 0 Å². The Morgan fingerprint density at radius 1 is 1.26 bits per heavy atom. The smallest absolute Gasteiger partial charge is 0.190 e. The summed E-state index contributed by atoms with van der Waals surface area (Å²) in [6.45, 7) is 2.07. The van der Waals surface area contributed by atoms with E-state index < -0.39 is 0 Å². The number of halogens is 1. The van der Waals surface area contributed by atoms with Crippen LogP contribution in [0.3, 0.4) is 0 Å². The number of thiocarbonyl (C=S) groups is 1. The third-order valence-corrected chi connectivity index (χ3v) is 4.62. The van der Waals surface area contributed by atoms with E-state index >= 15 is 0 Å². The third-order valence-electron chi connectivity index (χ3n) is 2.99. The maximum atomic E-state index is 5.91. The molecule has 1 aliphatic heterocycles. The van der Waals surface area contributed by atoms with Gasteiger partial charge in [0, 0.05) is 9.90 Å². The lowest BCUT2D eigenvalue weighted by molar-refractivity contribution is 0.398. The lowest BCUT2D eigenvalue weighted by atomic mass is 10.2. The van der Waals surface area contributed by atoms with E-state index in [1.54, 1.807) is 11.3 Å². The molecule has 1 aliphatic rings. The van der Waals surface area contributed by atoms with Gasteiger partial charge in [-0.05, 0) is 54.9 Å². The number of rotatable bonds is 2. The molecule has 1 atom stereocenters. The Hall–Kier alpha value is -1.14. The quantitative estimate of drug-likeness (QED) is 0.831. The minimum atomic E-state index is -0.370. The second-order valence-electron chi connectivity index (χ2n) is 4.46. The molecule has 19 heavy (non-hydrogen) atoms. The first-order valence-corrected chi connectivity index (χ1v) is 7.45. The standard InChI is InChI=1S/C13H12ClN3S2/c1-13(11-3-2-8-19-11)15-12(18)17(16-13)10-6-4-9(14)5-7-10/h2-8,16H,1H3,(H,15,18)/t13-/m1/s1. The zero-order chi connectivity index (χ0) is 13.5. The molecule has 1 aromatic carbocycles. The van der Waals surface area contributed by atoms with Crippen molar-refractivity contribution in [1.29, 1.82) is 0 Å². The zero-order valence-electron chi connectivity index (χ0n) is 10.2. The van der Waals surface area contributed by atoms with Crippen molar-refractivity contribution in [2.24, 2.45) is 0 Å². The van der Waals surface area contributed by atoms with Gasteiger partial charge in [-0.15, -0.1) is 11.3 Å². The highest BCUT2D eigenvalue weighted by atomic mass is 35.5.